The van der Waals surface area contributed by atoms with E-state index in [0.717, 1.165) is 6.42 Å². The summed E-state index contributed by atoms with van der Waals surface area (Å²) in [7, 11) is 0. The van der Waals surface area contributed by atoms with Gasteiger partial charge in [0.05, 0.1) is 0 Å². The van der Waals surface area contributed by atoms with Gasteiger partial charge in [0.2, 0.25) is 0 Å². The van der Waals surface area contributed by atoms with Gasteiger partial charge in [0.25, 0.3) is 0 Å². The van der Waals surface area contributed by atoms with Gasteiger partial charge < -0.3 is 11.1 Å². The summed E-state index contributed by atoms with van der Waals surface area (Å²) < 4.78 is 0. The number of hydrogen-bond acceptors (Lipinski definition) is 2. The van der Waals surface area contributed by atoms with Crippen LogP contribution in [0, 0.1) is 11.8 Å². The van der Waals surface area contributed by atoms with Gasteiger partial charge in [-0.2, -0.15) is 0 Å². The normalized spacial score (nSPS) is 34.3. The Morgan fingerprint density at radius 3 is 1.83 bits per heavy atom. The predicted molar refractivity (Wildman–Crippen MR) is 80.7 cm³/mol. The van der Waals surface area contributed by atoms with Crippen molar-refractivity contribution in [2.45, 2.75) is 90.8 Å². The number of nitrogens with two attached hydrogens (primary N) is 1. The Morgan fingerprint density at radius 2 is 1.44 bits per heavy atom. The molecule has 2 nitrogen and oxygen atoms in total. The Labute approximate surface area is 114 Å². The smallest absolute Gasteiger partial charge is 0.0335 e. The van der Waals surface area contributed by atoms with Crippen molar-refractivity contribution in [2.75, 3.05) is 0 Å². The van der Waals surface area contributed by atoms with E-state index in [9.17, 15) is 0 Å². The summed E-state index contributed by atoms with van der Waals surface area (Å²) in [6, 6.07) is 0. The van der Waals surface area contributed by atoms with E-state index >= 15 is 0 Å². The van der Waals surface area contributed by atoms with Gasteiger partial charge in [0.1, 0.15) is 0 Å². The molecule has 0 aromatic carbocycles. The van der Waals surface area contributed by atoms with Crippen LogP contribution in [0.4, 0.5) is 0 Å². The van der Waals surface area contributed by atoms with E-state index in [1.807, 2.05) is 0 Å². The van der Waals surface area contributed by atoms with Crippen molar-refractivity contribution < 1.29 is 0 Å². The van der Waals surface area contributed by atoms with E-state index in [-0.39, 0.29) is 16.6 Å². The Morgan fingerprint density at radius 1 is 1.00 bits per heavy atom. The number of rotatable bonds is 4. The second-order valence-corrected chi connectivity index (χ2v) is 7.67. The van der Waals surface area contributed by atoms with Crippen molar-refractivity contribution >= 4 is 0 Å². The van der Waals surface area contributed by atoms with Crippen LogP contribution in [-0.2, 0) is 0 Å². The third kappa shape index (κ3) is 2.75. The lowest BCUT2D eigenvalue weighted by molar-refractivity contribution is 0.0550. The fraction of sp³-hybridized carbons (Fsp3) is 1.00. The summed E-state index contributed by atoms with van der Waals surface area (Å²) in [6.07, 6.45) is 4.88. The molecule has 0 heterocycles. The highest BCUT2D eigenvalue weighted by molar-refractivity contribution is 5.10. The minimum absolute atomic E-state index is 0.0501. The topological polar surface area (TPSA) is 38.0 Å². The van der Waals surface area contributed by atoms with Crippen LogP contribution in [0.2, 0.25) is 0 Å². The maximum atomic E-state index is 6.60. The van der Waals surface area contributed by atoms with Crippen LogP contribution in [0.3, 0.4) is 0 Å². The minimum Gasteiger partial charge on any atom is -0.324 e. The van der Waals surface area contributed by atoms with Crippen molar-refractivity contribution in [2.24, 2.45) is 17.6 Å². The fourth-order valence-corrected chi connectivity index (χ4v) is 3.29. The summed E-state index contributed by atoms with van der Waals surface area (Å²) in [5, 5.41) is 3.97. The Hall–Kier alpha value is -0.0800. The van der Waals surface area contributed by atoms with Gasteiger partial charge in [-0.15, -0.1) is 0 Å². The average molecular weight is 254 g/mol. The third-order valence-corrected chi connectivity index (χ3v) is 5.83. The quantitative estimate of drug-likeness (QED) is 0.803. The SMILES string of the molecule is CC(C)C(C)(NC1(C)CCCCC1(C)N)C(C)C. The summed E-state index contributed by atoms with van der Waals surface area (Å²) in [4.78, 5) is 0. The Bertz CT molecular complexity index is 273. The molecule has 2 unspecified atom stereocenters. The van der Waals surface area contributed by atoms with Gasteiger partial charge in [-0.3, -0.25) is 0 Å². The van der Waals surface area contributed by atoms with Gasteiger partial charge >= 0.3 is 0 Å². The van der Waals surface area contributed by atoms with Gasteiger partial charge in [-0.25, -0.2) is 0 Å². The van der Waals surface area contributed by atoms with Gasteiger partial charge in [0, 0.05) is 16.6 Å². The minimum atomic E-state index is -0.101. The van der Waals surface area contributed by atoms with Crippen molar-refractivity contribution in [1.29, 1.82) is 0 Å². The average Bonchev–Trinajstić information content (AvgIpc) is 2.22. The first-order valence-electron chi connectivity index (χ1n) is 7.63. The van der Waals surface area contributed by atoms with E-state index in [1.54, 1.807) is 0 Å². The van der Waals surface area contributed by atoms with E-state index < -0.39 is 0 Å². The maximum Gasteiger partial charge on any atom is 0.0335 e. The molecule has 0 bridgehead atoms. The van der Waals surface area contributed by atoms with E-state index in [0.29, 0.717) is 11.8 Å². The number of hydrogen-bond donors (Lipinski definition) is 2. The molecule has 0 aromatic heterocycles. The van der Waals surface area contributed by atoms with Crippen LogP contribution < -0.4 is 11.1 Å². The summed E-state index contributed by atoms with van der Waals surface area (Å²) in [5.41, 5.74) is 6.70. The molecule has 1 saturated carbocycles. The molecule has 18 heavy (non-hydrogen) atoms. The van der Waals surface area contributed by atoms with Crippen LogP contribution in [0.15, 0.2) is 0 Å². The Balaban J connectivity index is 2.98. The molecule has 3 N–H and O–H groups in total. The first kappa shape index (κ1) is 16.0. The lowest BCUT2D eigenvalue weighted by Gasteiger charge is -2.55. The molecule has 1 fully saturated rings. The highest BCUT2D eigenvalue weighted by Crippen LogP contribution is 2.39. The zero-order valence-corrected chi connectivity index (χ0v) is 13.6. The summed E-state index contributed by atoms with van der Waals surface area (Å²) in [6.45, 7) is 16.2. The molecule has 2 heteroatoms. The van der Waals surface area contributed by atoms with Crippen molar-refractivity contribution in [3.05, 3.63) is 0 Å². The molecule has 0 amide bonds. The lowest BCUT2D eigenvalue weighted by Crippen LogP contribution is -2.72. The summed E-state index contributed by atoms with van der Waals surface area (Å²) >= 11 is 0. The van der Waals surface area contributed by atoms with Crippen molar-refractivity contribution in [3.63, 3.8) is 0 Å². The molecule has 0 aliphatic heterocycles. The van der Waals surface area contributed by atoms with Gasteiger partial charge in [0.15, 0.2) is 0 Å². The summed E-state index contributed by atoms with van der Waals surface area (Å²) in [5.74, 6) is 1.21. The molecule has 1 aliphatic carbocycles. The van der Waals surface area contributed by atoms with Crippen LogP contribution in [0.5, 0.6) is 0 Å². The molecule has 1 rings (SSSR count). The van der Waals surface area contributed by atoms with Gasteiger partial charge in [-0.05, 0) is 45.4 Å². The highest BCUT2D eigenvalue weighted by atomic mass is 15.1. The molecule has 1 aliphatic rings. The third-order valence-electron chi connectivity index (χ3n) is 5.83. The predicted octanol–water partition coefficient (Wildman–Crippen LogP) is 3.70. The van der Waals surface area contributed by atoms with Crippen molar-refractivity contribution in [1.82, 2.24) is 5.32 Å². The molecular weight excluding hydrogens is 220 g/mol. The number of nitrogens with one attached hydrogen (secondary N) is 1. The van der Waals surface area contributed by atoms with E-state index in [4.69, 9.17) is 5.73 Å². The van der Waals surface area contributed by atoms with Crippen molar-refractivity contribution in [3.8, 4) is 0 Å². The van der Waals surface area contributed by atoms with Gasteiger partial charge in [-0.1, -0.05) is 40.5 Å². The second kappa shape index (κ2) is 5.13. The molecule has 2 atom stereocenters. The molecular formula is C16H34N2. The fourth-order valence-electron chi connectivity index (χ4n) is 3.29. The first-order chi connectivity index (χ1) is 8.05. The van der Waals surface area contributed by atoms with Crippen LogP contribution in [-0.4, -0.2) is 16.6 Å². The van der Waals surface area contributed by atoms with E-state index in [1.165, 1.54) is 19.3 Å². The molecule has 108 valence electrons. The zero-order valence-electron chi connectivity index (χ0n) is 13.6. The molecule has 0 radical (unpaired) electrons. The zero-order chi connectivity index (χ0) is 14.2. The van der Waals surface area contributed by atoms with Crippen LogP contribution >= 0.6 is 0 Å². The second-order valence-electron chi connectivity index (χ2n) is 7.67. The Kier molecular flexibility index (Phi) is 4.55. The standard InChI is InChI=1S/C16H34N2/c1-12(2)16(7,13(3)4)18-15(6)11-9-8-10-14(15,5)17/h12-13,18H,8-11,17H2,1-7H3. The molecule has 0 aromatic rings. The monoisotopic (exact) mass is 254 g/mol. The molecule has 0 spiro atoms. The highest BCUT2D eigenvalue weighted by Gasteiger charge is 2.48. The van der Waals surface area contributed by atoms with Crippen LogP contribution in [0.25, 0.3) is 0 Å². The first-order valence-corrected chi connectivity index (χ1v) is 7.63. The maximum absolute atomic E-state index is 6.60. The molecule has 0 saturated heterocycles. The van der Waals surface area contributed by atoms with Crippen LogP contribution in [0.1, 0.15) is 74.1 Å². The lowest BCUT2D eigenvalue weighted by atomic mass is 9.66. The largest absolute Gasteiger partial charge is 0.324 e. The van der Waals surface area contributed by atoms with E-state index in [2.05, 4.69) is 53.8 Å².